The molecule has 2 amide bonds. The molecule has 3 aromatic carbocycles. The minimum atomic E-state index is -0.464. The zero-order chi connectivity index (χ0) is 22.1. The van der Waals surface area contributed by atoms with Crippen LogP contribution in [0.1, 0.15) is 33.6 Å². The lowest BCUT2D eigenvalue weighted by atomic mass is 10.1. The summed E-state index contributed by atoms with van der Waals surface area (Å²) in [7, 11) is 0. The Bertz CT molecular complexity index is 1410. The number of anilines is 2. The molecular formula is C26H20N2O4. The van der Waals surface area contributed by atoms with E-state index in [-0.39, 0.29) is 11.5 Å². The van der Waals surface area contributed by atoms with Gasteiger partial charge in [0.1, 0.15) is 16.9 Å². The molecule has 0 saturated heterocycles. The molecule has 2 heterocycles. The summed E-state index contributed by atoms with van der Waals surface area (Å²) in [5, 5.41) is 7.10. The van der Waals surface area contributed by atoms with E-state index in [1.165, 1.54) is 5.56 Å². The number of fused-ring (bicyclic) bond motifs is 2. The van der Waals surface area contributed by atoms with Gasteiger partial charge in [0.15, 0.2) is 5.76 Å². The van der Waals surface area contributed by atoms with Crippen molar-refractivity contribution < 1.29 is 18.4 Å². The van der Waals surface area contributed by atoms with E-state index in [0.717, 1.165) is 11.8 Å². The molecule has 0 fully saturated rings. The first-order valence-corrected chi connectivity index (χ1v) is 10.3. The van der Waals surface area contributed by atoms with Gasteiger partial charge >= 0.3 is 0 Å². The van der Waals surface area contributed by atoms with Crippen molar-refractivity contribution in [2.24, 2.45) is 0 Å². The third-order valence-electron chi connectivity index (χ3n) is 5.31. The standard InChI is InChI=1S/C26H20N2O4/c1-2-16-11-13-18(14-12-16)27-26(30)24-23(19-8-4-6-10-21(19)32-24)28-25(29)22-15-17-7-3-5-9-20(17)31-22/h3-15H,2H2,1H3,(H,27,30)(H,28,29). The highest BCUT2D eigenvalue weighted by molar-refractivity contribution is 6.16. The third-order valence-corrected chi connectivity index (χ3v) is 5.31. The Balaban J connectivity index is 1.48. The highest BCUT2D eigenvalue weighted by Gasteiger charge is 2.24. The van der Waals surface area contributed by atoms with Gasteiger partial charge in [-0.1, -0.05) is 49.4 Å². The second-order valence-corrected chi connectivity index (χ2v) is 7.41. The van der Waals surface area contributed by atoms with Crippen molar-refractivity contribution in [1.29, 1.82) is 0 Å². The van der Waals surface area contributed by atoms with Crippen LogP contribution < -0.4 is 10.6 Å². The summed E-state index contributed by atoms with van der Waals surface area (Å²) in [6.45, 7) is 2.07. The number of hydrogen-bond acceptors (Lipinski definition) is 4. The average Bonchev–Trinajstić information content (AvgIpc) is 3.42. The summed E-state index contributed by atoms with van der Waals surface area (Å²) in [5.74, 6) is -0.743. The van der Waals surface area contributed by atoms with E-state index in [4.69, 9.17) is 8.83 Å². The summed E-state index contributed by atoms with van der Waals surface area (Å²) < 4.78 is 11.5. The van der Waals surface area contributed by atoms with Gasteiger partial charge in [0.25, 0.3) is 11.8 Å². The Hall–Kier alpha value is -4.32. The molecule has 5 rings (SSSR count). The van der Waals surface area contributed by atoms with Gasteiger partial charge in [-0.05, 0) is 48.4 Å². The van der Waals surface area contributed by atoms with Gasteiger partial charge in [-0.15, -0.1) is 0 Å². The molecule has 0 atom stereocenters. The van der Waals surface area contributed by atoms with E-state index in [0.29, 0.717) is 27.9 Å². The van der Waals surface area contributed by atoms with E-state index in [2.05, 4.69) is 17.6 Å². The molecule has 158 valence electrons. The topological polar surface area (TPSA) is 84.5 Å². The van der Waals surface area contributed by atoms with Crippen molar-refractivity contribution in [2.75, 3.05) is 10.6 Å². The number of aryl methyl sites for hydroxylation is 1. The SMILES string of the molecule is CCc1ccc(NC(=O)c2oc3ccccc3c2NC(=O)c2cc3ccccc3o2)cc1. The number of para-hydroxylation sites is 2. The fourth-order valence-electron chi connectivity index (χ4n) is 3.61. The number of furan rings is 2. The average molecular weight is 424 g/mol. The van der Waals surface area contributed by atoms with Crippen LogP contribution in [-0.2, 0) is 6.42 Å². The molecule has 0 aliphatic rings. The van der Waals surface area contributed by atoms with Crippen LogP contribution in [0.4, 0.5) is 11.4 Å². The van der Waals surface area contributed by atoms with E-state index >= 15 is 0 Å². The number of benzene rings is 3. The van der Waals surface area contributed by atoms with Gasteiger partial charge in [0, 0.05) is 16.5 Å². The number of amides is 2. The monoisotopic (exact) mass is 424 g/mol. The van der Waals surface area contributed by atoms with Crippen LogP contribution >= 0.6 is 0 Å². The first kappa shape index (κ1) is 19.6. The third kappa shape index (κ3) is 3.63. The van der Waals surface area contributed by atoms with Crippen molar-refractivity contribution >= 4 is 45.1 Å². The van der Waals surface area contributed by atoms with E-state index in [1.54, 1.807) is 24.3 Å². The van der Waals surface area contributed by atoms with Crippen LogP contribution in [0.15, 0.2) is 87.7 Å². The normalized spacial score (nSPS) is 11.0. The summed E-state index contributed by atoms with van der Waals surface area (Å²) >= 11 is 0. The molecule has 0 spiro atoms. The van der Waals surface area contributed by atoms with Crippen LogP contribution in [0.25, 0.3) is 21.9 Å². The smallest absolute Gasteiger partial charge is 0.293 e. The maximum Gasteiger partial charge on any atom is 0.293 e. The molecule has 5 aromatic rings. The molecule has 0 bridgehead atoms. The summed E-state index contributed by atoms with van der Waals surface area (Å²) in [4.78, 5) is 26.0. The Morgan fingerprint density at radius 1 is 0.781 bits per heavy atom. The summed E-state index contributed by atoms with van der Waals surface area (Å²) in [5.41, 5.74) is 3.23. The van der Waals surface area contributed by atoms with Crippen LogP contribution in [0, 0.1) is 0 Å². The molecule has 2 aromatic heterocycles. The number of hydrogen-bond donors (Lipinski definition) is 2. The molecule has 6 heteroatoms. The molecule has 0 aliphatic heterocycles. The van der Waals surface area contributed by atoms with Crippen LogP contribution in [0.5, 0.6) is 0 Å². The van der Waals surface area contributed by atoms with Crippen molar-refractivity contribution in [3.63, 3.8) is 0 Å². The van der Waals surface area contributed by atoms with Gasteiger partial charge < -0.3 is 19.5 Å². The lowest BCUT2D eigenvalue weighted by Gasteiger charge is -2.07. The van der Waals surface area contributed by atoms with E-state index in [1.807, 2.05) is 54.6 Å². The Morgan fingerprint density at radius 3 is 2.25 bits per heavy atom. The summed E-state index contributed by atoms with van der Waals surface area (Å²) in [6.07, 6.45) is 0.912. The maximum atomic E-state index is 13.0. The molecule has 0 aliphatic carbocycles. The Labute approximate surface area is 183 Å². The quantitative estimate of drug-likeness (QED) is 0.349. The van der Waals surface area contributed by atoms with Crippen molar-refractivity contribution in [3.05, 3.63) is 95.9 Å². The molecular weight excluding hydrogens is 404 g/mol. The predicted molar refractivity (Wildman–Crippen MR) is 124 cm³/mol. The van der Waals surface area contributed by atoms with Gasteiger partial charge in [-0.25, -0.2) is 0 Å². The van der Waals surface area contributed by atoms with Gasteiger partial charge in [0.2, 0.25) is 5.76 Å². The number of carbonyl (C=O) groups excluding carboxylic acids is 2. The van der Waals surface area contributed by atoms with Gasteiger partial charge in [-0.2, -0.15) is 0 Å². The Kier molecular flexibility index (Phi) is 4.95. The Morgan fingerprint density at radius 2 is 1.50 bits per heavy atom. The lowest BCUT2D eigenvalue weighted by Crippen LogP contribution is -2.16. The van der Waals surface area contributed by atoms with Crippen molar-refractivity contribution in [3.8, 4) is 0 Å². The zero-order valence-corrected chi connectivity index (χ0v) is 17.3. The zero-order valence-electron chi connectivity index (χ0n) is 17.3. The molecule has 0 saturated carbocycles. The van der Waals surface area contributed by atoms with Crippen LogP contribution in [0.2, 0.25) is 0 Å². The lowest BCUT2D eigenvalue weighted by molar-refractivity contribution is 0.0997. The van der Waals surface area contributed by atoms with Crippen LogP contribution in [0.3, 0.4) is 0 Å². The largest absolute Gasteiger partial charge is 0.451 e. The molecule has 0 unspecified atom stereocenters. The molecule has 32 heavy (non-hydrogen) atoms. The van der Waals surface area contributed by atoms with Gasteiger partial charge in [0.05, 0.1) is 0 Å². The minimum Gasteiger partial charge on any atom is -0.451 e. The van der Waals surface area contributed by atoms with E-state index < -0.39 is 11.8 Å². The van der Waals surface area contributed by atoms with Crippen molar-refractivity contribution in [2.45, 2.75) is 13.3 Å². The van der Waals surface area contributed by atoms with Gasteiger partial charge in [-0.3, -0.25) is 9.59 Å². The fraction of sp³-hybridized carbons (Fsp3) is 0.0769. The first-order valence-electron chi connectivity index (χ1n) is 10.3. The number of carbonyl (C=O) groups is 2. The highest BCUT2D eigenvalue weighted by Crippen LogP contribution is 2.32. The molecule has 6 nitrogen and oxygen atoms in total. The molecule has 0 radical (unpaired) electrons. The fourth-order valence-corrected chi connectivity index (χ4v) is 3.61. The summed E-state index contributed by atoms with van der Waals surface area (Å²) in [6, 6.07) is 23.8. The van der Waals surface area contributed by atoms with Crippen LogP contribution in [-0.4, -0.2) is 11.8 Å². The highest BCUT2D eigenvalue weighted by atomic mass is 16.4. The minimum absolute atomic E-state index is 0.0234. The number of rotatable bonds is 5. The number of nitrogens with one attached hydrogen (secondary N) is 2. The maximum absolute atomic E-state index is 13.0. The second-order valence-electron chi connectivity index (χ2n) is 7.41. The molecule has 2 N–H and O–H groups in total. The second kappa shape index (κ2) is 8.07. The van der Waals surface area contributed by atoms with E-state index in [9.17, 15) is 9.59 Å². The van der Waals surface area contributed by atoms with Crippen molar-refractivity contribution in [1.82, 2.24) is 0 Å². The predicted octanol–water partition coefficient (Wildman–Crippen LogP) is 6.25. The first-order chi connectivity index (χ1) is 15.6.